The number of rotatable bonds is 13. The molecule has 1 heterocycles. The quantitative estimate of drug-likeness (QED) is 0.0889. The van der Waals surface area contributed by atoms with E-state index in [9.17, 15) is 19.1 Å². The number of hydrogen-bond donors (Lipinski definition) is 4. The van der Waals surface area contributed by atoms with Crippen molar-refractivity contribution in [3.63, 3.8) is 0 Å². The molecule has 3 aromatic rings. The number of allylic oxidation sites excluding steroid dienone is 1. The lowest BCUT2D eigenvalue weighted by molar-refractivity contribution is -0.136. The Morgan fingerprint density at radius 1 is 1.11 bits per heavy atom. The zero-order valence-electron chi connectivity index (χ0n) is 24.2. The summed E-state index contributed by atoms with van der Waals surface area (Å²) in [6.45, 7) is 3.66. The van der Waals surface area contributed by atoms with Gasteiger partial charge in [-0.15, -0.1) is 0 Å². The summed E-state index contributed by atoms with van der Waals surface area (Å²) in [6.07, 6.45) is 0.351. The fraction of sp³-hybridized carbons (Fsp3) is 0.258. The average Bonchev–Trinajstić information content (AvgIpc) is 3.00. The summed E-state index contributed by atoms with van der Waals surface area (Å²) in [5.41, 5.74) is 4.98. The van der Waals surface area contributed by atoms with Gasteiger partial charge < -0.3 is 34.7 Å². The summed E-state index contributed by atoms with van der Waals surface area (Å²) >= 11 is 3.45. The van der Waals surface area contributed by atoms with Crippen LogP contribution in [0.2, 0.25) is 0 Å². The van der Waals surface area contributed by atoms with Crippen molar-refractivity contribution in [3.8, 4) is 17.2 Å². The number of amides is 2. The van der Waals surface area contributed by atoms with Crippen LogP contribution >= 0.6 is 15.9 Å². The molecule has 232 valence electrons. The van der Waals surface area contributed by atoms with Gasteiger partial charge in [-0.25, -0.2) is 14.0 Å². The van der Waals surface area contributed by atoms with Gasteiger partial charge >= 0.3 is 12.0 Å². The van der Waals surface area contributed by atoms with Crippen molar-refractivity contribution in [2.45, 2.75) is 32.7 Å². The molecule has 4 N–H and O–H groups in total. The highest BCUT2D eigenvalue weighted by molar-refractivity contribution is 9.10. The smallest absolute Gasteiger partial charge is 0.337 e. The highest BCUT2D eigenvalue weighted by Gasteiger charge is 2.32. The van der Waals surface area contributed by atoms with Crippen molar-refractivity contribution in [1.29, 1.82) is 0 Å². The monoisotopic (exact) mass is 670 g/mol. The van der Waals surface area contributed by atoms with Crippen LogP contribution in [0.3, 0.4) is 0 Å². The summed E-state index contributed by atoms with van der Waals surface area (Å²) in [5.74, 6) is 0.331. The molecule has 0 radical (unpaired) electrons. The van der Waals surface area contributed by atoms with E-state index in [-0.39, 0.29) is 24.6 Å². The van der Waals surface area contributed by atoms with E-state index in [1.54, 1.807) is 68.4 Å². The zero-order valence-corrected chi connectivity index (χ0v) is 25.8. The number of aliphatic hydroxyl groups excluding tert-OH is 1. The molecular formula is C31H32BrFN4O7. The van der Waals surface area contributed by atoms with E-state index in [1.165, 1.54) is 19.4 Å². The maximum absolute atomic E-state index is 13.8. The minimum Gasteiger partial charge on any atom is -0.490 e. The molecule has 2 atom stereocenters. The number of hydrazone groups is 1. The summed E-state index contributed by atoms with van der Waals surface area (Å²) < 4.78 is 36.6. The van der Waals surface area contributed by atoms with Crippen molar-refractivity contribution in [2.24, 2.45) is 5.10 Å². The number of benzene rings is 3. The summed E-state index contributed by atoms with van der Waals surface area (Å²) in [5, 5.41) is 19.8. The molecule has 0 spiro atoms. The minimum atomic E-state index is -1.16. The zero-order chi connectivity index (χ0) is 31.6. The fourth-order valence-corrected chi connectivity index (χ4v) is 4.82. The highest BCUT2D eigenvalue weighted by atomic mass is 79.9. The third kappa shape index (κ3) is 8.26. The van der Waals surface area contributed by atoms with Gasteiger partial charge in [-0.3, -0.25) is 5.43 Å². The van der Waals surface area contributed by atoms with Crippen LogP contribution in [0.15, 0.2) is 81.5 Å². The van der Waals surface area contributed by atoms with Gasteiger partial charge in [0.05, 0.1) is 36.0 Å². The molecule has 0 aromatic heterocycles. The molecule has 13 heteroatoms. The Balaban J connectivity index is 1.35. The van der Waals surface area contributed by atoms with Gasteiger partial charge in [0.15, 0.2) is 17.7 Å². The summed E-state index contributed by atoms with van der Waals surface area (Å²) in [7, 11) is 1.27. The standard InChI is InChI=1S/C31H32BrFN4O7/c1-4-42-26-14-20(29-28(30(39)41-3)18(2)35-31(40)36-29)10-12-25(26)44-17-27(38)37-34-15-19-9-11-24(22(32)13-19)43-16-21-7-5-6-8-23(21)33/h5-15,27,29,37-38H,4,16-17H2,1-3H3,(H2,35,36,40)/b34-15-/t27-,29+/m0/s1. The summed E-state index contributed by atoms with van der Waals surface area (Å²) in [6, 6.07) is 15.4. The van der Waals surface area contributed by atoms with Crippen LogP contribution < -0.4 is 30.3 Å². The van der Waals surface area contributed by atoms with E-state index in [2.05, 4.69) is 37.1 Å². The molecule has 1 aliphatic rings. The first kappa shape index (κ1) is 32.3. The van der Waals surface area contributed by atoms with Crippen LogP contribution in [-0.4, -0.2) is 49.9 Å². The van der Waals surface area contributed by atoms with E-state index in [4.69, 9.17) is 18.9 Å². The first-order valence-corrected chi connectivity index (χ1v) is 14.4. The second-order valence-corrected chi connectivity index (χ2v) is 10.3. The van der Waals surface area contributed by atoms with Crippen molar-refractivity contribution >= 4 is 34.1 Å². The second kappa shape index (κ2) is 15.2. The molecule has 0 aliphatic carbocycles. The van der Waals surface area contributed by atoms with Gasteiger partial charge in [0.1, 0.15) is 24.8 Å². The number of esters is 1. The van der Waals surface area contributed by atoms with E-state index < -0.39 is 24.3 Å². The maximum Gasteiger partial charge on any atom is 0.337 e. The Bertz CT molecular complexity index is 1570. The predicted molar refractivity (Wildman–Crippen MR) is 164 cm³/mol. The summed E-state index contributed by atoms with van der Waals surface area (Å²) in [4.78, 5) is 24.6. The molecule has 0 bridgehead atoms. The van der Waals surface area contributed by atoms with Crippen LogP contribution in [0.25, 0.3) is 0 Å². The van der Waals surface area contributed by atoms with Crippen molar-refractivity contribution in [3.05, 3.63) is 98.9 Å². The van der Waals surface area contributed by atoms with Gasteiger partial charge in [0.2, 0.25) is 0 Å². The lowest BCUT2D eigenvalue weighted by atomic mass is 9.95. The minimum absolute atomic E-state index is 0.0834. The number of nitrogens with zero attached hydrogens (tertiary/aromatic N) is 1. The first-order chi connectivity index (χ1) is 21.2. The van der Waals surface area contributed by atoms with Crippen LogP contribution in [0.1, 0.15) is 36.6 Å². The number of nitrogens with one attached hydrogen (secondary N) is 3. The van der Waals surface area contributed by atoms with Gasteiger partial charge in [0, 0.05) is 11.3 Å². The largest absolute Gasteiger partial charge is 0.490 e. The molecular weight excluding hydrogens is 639 g/mol. The first-order valence-electron chi connectivity index (χ1n) is 13.6. The third-order valence-corrected chi connectivity index (χ3v) is 7.03. The molecule has 2 amide bonds. The van der Waals surface area contributed by atoms with E-state index in [0.29, 0.717) is 50.7 Å². The predicted octanol–water partition coefficient (Wildman–Crippen LogP) is 4.69. The Labute approximate surface area is 262 Å². The fourth-order valence-electron chi connectivity index (χ4n) is 4.31. The lowest BCUT2D eigenvalue weighted by Crippen LogP contribution is -2.45. The van der Waals surface area contributed by atoms with E-state index in [1.807, 2.05) is 0 Å². The molecule has 44 heavy (non-hydrogen) atoms. The lowest BCUT2D eigenvalue weighted by Gasteiger charge is -2.28. The number of urea groups is 1. The van der Waals surface area contributed by atoms with Gasteiger partial charge in [-0.1, -0.05) is 24.3 Å². The molecule has 0 unspecified atom stereocenters. The molecule has 0 fully saturated rings. The Kier molecular flexibility index (Phi) is 11.2. The van der Waals surface area contributed by atoms with Crippen molar-refractivity contribution in [2.75, 3.05) is 20.3 Å². The van der Waals surface area contributed by atoms with Crippen LogP contribution in [0.4, 0.5) is 9.18 Å². The van der Waals surface area contributed by atoms with Crippen LogP contribution in [-0.2, 0) is 16.1 Å². The SMILES string of the molecule is CCOc1cc([C@H]2NC(=O)NC(C)=C2C(=O)OC)ccc1OC[C@H](O)N/N=C\c1ccc(OCc2ccccc2F)c(Br)c1. The van der Waals surface area contributed by atoms with Gasteiger partial charge in [0.25, 0.3) is 0 Å². The number of carbonyl (C=O) groups excluding carboxylic acids is 2. The van der Waals surface area contributed by atoms with E-state index >= 15 is 0 Å². The van der Waals surface area contributed by atoms with Gasteiger partial charge in [-0.05, 0) is 77.3 Å². The van der Waals surface area contributed by atoms with Crippen LogP contribution in [0.5, 0.6) is 17.2 Å². The number of halogens is 2. The number of methoxy groups -OCH3 is 1. The Morgan fingerprint density at radius 3 is 2.61 bits per heavy atom. The molecule has 11 nitrogen and oxygen atoms in total. The maximum atomic E-state index is 13.8. The average molecular weight is 672 g/mol. The second-order valence-electron chi connectivity index (χ2n) is 9.48. The number of ether oxygens (including phenoxy) is 4. The third-order valence-electron chi connectivity index (χ3n) is 6.41. The van der Waals surface area contributed by atoms with Crippen LogP contribution in [0, 0.1) is 5.82 Å². The number of hydrogen-bond acceptors (Lipinski definition) is 9. The molecule has 0 saturated carbocycles. The number of aliphatic hydroxyl groups is 1. The highest BCUT2D eigenvalue weighted by Crippen LogP contribution is 2.35. The molecule has 4 rings (SSSR count). The Morgan fingerprint density at radius 2 is 1.89 bits per heavy atom. The normalized spacial score (nSPS) is 15.3. The van der Waals surface area contributed by atoms with Crippen molar-refractivity contribution in [1.82, 2.24) is 16.1 Å². The number of carbonyl (C=O) groups is 2. The van der Waals surface area contributed by atoms with E-state index in [0.717, 1.165) is 0 Å². The molecule has 1 aliphatic heterocycles. The van der Waals surface area contributed by atoms with Gasteiger partial charge in [-0.2, -0.15) is 5.10 Å². The topological polar surface area (TPSA) is 140 Å². The van der Waals surface area contributed by atoms with Crippen molar-refractivity contribution < 1.29 is 38.0 Å². The molecule has 3 aromatic carbocycles. The molecule has 0 saturated heterocycles. The Hall–Kier alpha value is -4.62.